The first-order chi connectivity index (χ1) is 10.6. The van der Waals surface area contributed by atoms with Gasteiger partial charge in [0.15, 0.2) is 6.54 Å². The predicted molar refractivity (Wildman–Crippen MR) is 92.0 cm³/mol. The molecule has 0 saturated heterocycles. The van der Waals surface area contributed by atoms with E-state index < -0.39 is 0 Å². The average molecular weight is 324 g/mol. The third-order valence-corrected chi connectivity index (χ3v) is 6.65. The highest BCUT2D eigenvalue weighted by molar-refractivity contribution is 5.70. The van der Waals surface area contributed by atoms with Crippen molar-refractivity contribution < 1.29 is 18.8 Å². The van der Waals surface area contributed by atoms with Crippen LogP contribution in [0.4, 0.5) is 0 Å². The second kappa shape index (κ2) is 6.56. The van der Waals surface area contributed by atoms with Gasteiger partial charge in [0.05, 0.1) is 26.8 Å². The average Bonchev–Trinajstić information content (AvgIpc) is 2.77. The molecule has 2 rings (SSSR count). The van der Waals surface area contributed by atoms with E-state index >= 15 is 0 Å². The van der Waals surface area contributed by atoms with Gasteiger partial charge >= 0.3 is 5.97 Å². The fourth-order valence-electron chi connectivity index (χ4n) is 4.45. The monoisotopic (exact) mass is 324 g/mol. The van der Waals surface area contributed by atoms with Crippen molar-refractivity contribution in [3.8, 4) is 0 Å². The van der Waals surface area contributed by atoms with E-state index in [0.29, 0.717) is 34.6 Å². The lowest BCUT2D eigenvalue weighted by Crippen LogP contribution is -2.47. The minimum Gasteiger partial charge on any atom is -0.457 e. The van der Waals surface area contributed by atoms with Crippen molar-refractivity contribution in [3.05, 3.63) is 12.7 Å². The maximum Gasteiger partial charge on any atom is 0.362 e. The van der Waals surface area contributed by atoms with E-state index in [1.165, 1.54) is 19.3 Å². The molecule has 2 fully saturated rings. The second-order valence-electron chi connectivity index (χ2n) is 8.76. The summed E-state index contributed by atoms with van der Waals surface area (Å²) in [5.74, 6) is 0.622. The molecule has 0 spiro atoms. The normalized spacial score (nSPS) is 32.0. The highest BCUT2D eigenvalue weighted by atomic mass is 16.5. The van der Waals surface area contributed by atoms with Crippen molar-refractivity contribution in [2.45, 2.75) is 46.1 Å². The standard InChI is InChI=1S/C19H34NO3/c1-7-11-23-17(21)14-20(5,6)10-12-22-16-13-15-8-9-19(16,4)18(15,2)3/h7,15-16H,1,8-14H2,2-6H3/q+1/t15-,16+,19+/m0/s1. The molecule has 2 saturated carbocycles. The van der Waals surface area contributed by atoms with Crippen LogP contribution in [0.5, 0.6) is 0 Å². The number of fused-ring (bicyclic) bond motifs is 2. The molecule has 2 aliphatic carbocycles. The summed E-state index contributed by atoms with van der Waals surface area (Å²) in [5.41, 5.74) is 0.689. The zero-order valence-corrected chi connectivity index (χ0v) is 15.6. The Morgan fingerprint density at radius 3 is 2.57 bits per heavy atom. The summed E-state index contributed by atoms with van der Waals surface area (Å²) in [6.07, 6.45) is 5.78. The van der Waals surface area contributed by atoms with Crippen LogP contribution in [-0.2, 0) is 14.3 Å². The number of ether oxygens (including phenoxy) is 2. The third kappa shape index (κ3) is 3.63. The largest absolute Gasteiger partial charge is 0.457 e. The molecule has 4 nitrogen and oxygen atoms in total. The Balaban J connectivity index is 1.79. The Morgan fingerprint density at radius 2 is 2.04 bits per heavy atom. The molecule has 23 heavy (non-hydrogen) atoms. The molecule has 2 bridgehead atoms. The molecule has 3 atom stereocenters. The van der Waals surface area contributed by atoms with Gasteiger partial charge in [0.1, 0.15) is 13.2 Å². The summed E-state index contributed by atoms with van der Waals surface area (Å²) in [6.45, 7) is 12.9. The van der Waals surface area contributed by atoms with Crippen LogP contribution in [0.3, 0.4) is 0 Å². The van der Waals surface area contributed by atoms with E-state index in [1.54, 1.807) is 6.08 Å². The highest BCUT2D eigenvalue weighted by Gasteiger charge is 2.61. The smallest absolute Gasteiger partial charge is 0.362 e. The van der Waals surface area contributed by atoms with E-state index in [4.69, 9.17) is 9.47 Å². The second-order valence-corrected chi connectivity index (χ2v) is 8.76. The SMILES string of the molecule is C=CCOC(=O)C[N+](C)(C)CCO[C@@H]1C[C@@H]2CC[C@@]1(C)C2(C)C. The Morgan fingerprint density at radius 1 is 1.35 bits per heavy atom. The molecule has 0 amide bonds. The molecule has 2 aliphatic rings. The predicted octanol–water partition coefficient (Wildman–Crippen LogP) is 3.02. The minimum atomic E-state index is -0.178. The zero-order chi connectivity index (χ0) is 17.3. The Kier molecular flexibility index (Phi) is 5.27. The van der Waals surface area contributed by atoms with Gasteiger partial charge in [-0.2, -0.15) is 0 Å². The lowest BCUT2D eigenvalue weighted by molar-refractivity contribution is -0.883. The number of esters is 1. The van der Waals surface area contributed by atoms with E-state index in [1.807, 2.05) is 14.1 Å². The van der Waals surface area contributed by atoms with Crippen LogP contribution in [-0.4, -0.2) is 57.0 Å². The van der Waals surface area contributed by atoms with Crippen molar-refractivity contribution in [3.63, 3.8) is 0 Å². The van der Waals surface area contributed by atoms with Crippen LogP contribution >= 0.6 is 0 Å². The molecule has 0 aliphatic heterocycles. The third-order valence-electron chi connectivity index (χ3n) is 6.65. The number of hydrogen-bond acceptors (Lipinski definition) is 3. The van der Waals surface area contributed by atoms with Crippen LogP contribution in [0.1, 0.15) is 40.0 Å². The van der Waals surface area contributed by atoms with Gasteiger partial charge in [-0.15, -0.1) is 0 Å². The summed E-state index contributed by atoms with van der Waals surface area (Å²) >= 11 is 0. The molecule has 0 unspecified atom stereocenters. The molecule has 0 aromatic heterocycles. The number of quaternary nitrogens is 1. The fraction of sp³-hybridized carbons (Fsp3) is 0.842. The van der Waals surface area contributed by atoms with Crippen LogP contribution in [0.2, 0.25) is 0 Å². The Bertz CT molecular complexity index is 458. The lowest BCUT2D eigenvalue weighted by atomic mass is 9.70. The van der Waals surface area contributed by atoms with Crippen molar-refractivity contribution in [1.82, 2.24) is 0 Å². The van der Waals surface area contributed by atoms with Crippen LogP contribution in [0.25, 0.3) is 0 Å². The van der Waals surface area contributed by atoms with E-state index in [2.05, 4.69) is 27.4 Å². The Hall–Kier alpha value is -0.870. The Labute approximate surface area is 141 Å². The molecule has 0 aromatic rings. The van der Waals surface area contributed by atoms with Gasteiger partial charge in [-0.3, -0.25) is 0 Å². The number of carbonyl (C=O) groups excluding carboxylic acids is 1. The molecular formula is C19H34NO3+. The molecule has 0 aromatic carbocycles. The van der Waals surface area contributed by atoms with E-state index in [9.17, 15) is 4.79 Å². The van der Waals surface area contributed by atoms with Gasteiger partial charge in [-0.25, -0.2) is 4.79 Å². The number of likely N-dealkylation sites (N-methyl/N-ethyl adjacent to an activating group) is 1. The lowest BCUT2D eigenvalue weighted by Gasteiger charge is -2.39. The fourth-order valence-corrected chi connectivity index (χ4v) is 4.45. The summed E-state index contributed by atoms with van der Waals surface area (Å²) in [6, 6.07) is 0. The van der Waals surface area contributed by atoms with Gasteiger partial charge < -0.3 is 14.0 Å². The quantitative estimate of drug-likeness (QED) is 0.391. The first-order valence-electron chi connectivity index (χ1n) is 8.82. The number of carbonyl (C=O) groups is 1. The van der Waals surface area contributed by atoms with Gasteiger partial charge in [-0.05, 0) is 36.0 Å². The molecule has 0 heterocycles. The van der Waals surface area contributed by atoms with Crippen LogP contribution in [0.15, 0.2) is 12.7 Å². The van der Waals surface area contributed by atoms with Gasteiger partial charge in [0, 0.05) is 0 Å². The van der Waals surface area contributed by atoms with Crippen LogP contribution in [0, 0.1) is 16.7 Å². The summed E-state index contributed by atoms with van der Waals surface area (Å²) in [7, 11) is 4.09. The molecule has 132 valence electrons. The minimum absolute atomic E-state index is 0.178. The maximum atomic E-state index is 11.8. The van der Waals surface area contributed by atoms with Crippen LogP contribution < -0.4 is 0 Å². The van der Waals surface area contributed by atoms with E-state index in [-0.39, 0.29) is 12.6 Å². The topological polar surface area (TPSA) is 35.5 Å². The van der Waals surface area contributed by atoms with Gasteiger partial charge in [0.2, 0.25) is 0 Å². The van der Waals surface area contributed by atoms with E-state index in [0.717, 1.165) is 12.5 Å². The van der Waals surface area contributed by atoms with Crippen molar-refractivity contribution in [1.29, 1.82) is 0 Å². The number of hydrogen-bond donors (Lipinski definition) is 0. The van der Waals surface area contributed by atoms with Crippen molar-refractivity contribution in [2.24, 2.45) is 16.7 Å². The molecular weight excluding hydrogens is 290 g/mol. The first-order valence-corrected chi connectivity index (χ1v) is 8.82. The molecule has 4 heteroatoms. The first kappa shape index (κ1) is 18.5. The maximum absolute atomic E-state index is 11.8. The molecule has 0 N–H and O–H groups in total. The van der Waals surface area contributed by atoms with Crippen molar-refractivity contribution in [2.75, 3.05) is 40.4 Å². The summed E-state index contributed by atoms with van der Waals surface area (Å²) < 4.78 is 12.0. The van der Waals surface area contributed by atoms with Crippen molar-refractivity contribution >= 4 is 5.97 Å². The number of nitrogens with zero attached hydrogens (tertiary/aromatic N) is 1. The zero-order valence-electron chi connectivity index (χ0n) is 15.6. The summed E-state index contributed by atoms with van der Waals surface area (Å²) in [5, 5.41) is 0. The van der Waals surface area contributed by atoms with Gasteiger partial charge in [0.25, 0.3) is 0 Å². The number of rotatable bonds is 8. The highest BCUT2D eigenvalue weighted by Crippen LogP contribution is 2.66. The summed E-state index contributed by atoms with van der Waals surface area (Å²) in [4.78, 5) is 11.8. The molecule has 0 radical (unpaired) electrons. The van der Waals surface area contributed by atoms with Gasteiger partial charge in [-0.1, -0.05) is 33.4 Å².